The summed E-state index contributed by atoms with van der Waals surface area (Å²) in [6.07, 6.45) is 3.29. The van der Waals surface area contributed by atoms with Crippen molar-refractivity contribution >= 4 is 12.0 Å². The number of rotatable bonds is 7. The fourth-order valence-corrected chi connectivity index (χ4v) is 1.60. The largest absolute Gasteiger partial charge is 0.493 e. The van der Waals surface area contributed by atoms with Gasteiger partial charge in [0.05, 0.1) is 13.7 Å². The molecule has 0 bridgehead atoms. The fraction of sp³-hybridized carbons (Fsp3) is 0.438. The first kappa shape index (κ1) is 16.1. The minimum atomic E-state index is -0.0903. The summed E-state index contributed by atoms with van der Waals surface area (Å²) in [6.45, 7) is 7.28. The van der Waals surface area contributed by atoms with Gasteiger partial charge in [0.15, 0.2) is 11.5 Å². The van der Waals surface area contributed by atoms with Crippen molar-refractivity contribution in [2.75, 3.05) is 20.3 Å². The molecule has 4 nitrogen and oxygen atoms in total. The van der Waals surface area contributed by atoms with Crippen molar-refractivity contribution in [1.82, 2.24) is 5.32 Å². The minimum Gasteiger partial charge on any atom is -0.493 e. The zero-order valence-electron chi connectivity index (χ0n) is 12.6. The van der Waals surface area contributed by atoms with Crippen LogP contribution in [0.1, 0.15) is 26.3 Å². The maximum Gasteiger partial charge on any atom is 0.244 e. The molecule has 0 heterocycles. The van der Waals surface area contributed by atoms with Crippen LogP contribution in [0.4, 0.5) is 0 Å². The Balaban J connectivity index is 2.72. The van der Waals surface area contributed by atoms with E-state index in [9.17, 15) is 4.79 Å². The maximum atomic E-state index is 11.6. The molecule has 1 N–H and O–H groups in total. The second-order valence-corrected chi connectivity index (χ2v) is 4.82. The first-order valence-electron chi connectivity index (χ1n) is 6.83. The van der Waals surface area contributed by atoms with Gasteiger partial charge in [-0.15, -0.1) is 0 Å². The molecule has 4 heteroatoms. The molecule has 0 spiro atoms. The van der Waals surface area contributed by atoms with E-state index in [1.54, 1.807) is 13.2 Å². The molecule has 0 saturated carbocycles. The predicted octanol–water partition coefficient (Wildman–Crippen LogP) is 2.88. The molecule has 0 radical (unpaired) electrons. The maximum absolute atomic E-state index is 11.6. The van der Waals surface area contributed by atoms with Gasteiger partial charge in [-0.25, -0.2) is 0 Å². The molecule has 0 aromatic heterocycles. The second-order valence-electron chi connectivity index (χ2n) is 4.82. The van der Waals surface area contributed by atoms with E-state index in [0.717, 1.165) is 5.56 Å². The molecule has 1 aromatic rings. The number of amides is 1. The Bertz CT molecular complexity index is 467. The van der Waals surface area contributed by atoms with E-state index in [4.69, 9.17) is 9.47 Å². The lowest BCUT2D eigenvalue weighted by atomic mass is 10.2. The number of benzene rings is 1. The van der Waals surface area contributed by atoms with Gasteiger partial charge in [-0.05, 0) is 36.6 Å². The number of carbonyl (C=O) groups excluding carboxylic acids is 1. The highest BCUT2D eigenvalue weighted by Gasteiger charge is 2.04. The third-order valence-corrected chi connectivity index (χ3v) is 2.60. The summed E-state index contributed by atoms with van der Waals surface area (Å²) < 4.78 is 10.7. The highest BCUT2D eigenvalue weighted by Crippen LogP contribution is 2.28. The van der Waals surface area contributed by atoms with Gasteiger partial charge in [0.1, 0.15) is 0 Å². The molecule has 0 aliphatic carbocycles. The van der Waals surface area contributed by atoms with Crippen molar-refractivity contribution in [3.8, 4) is 11.5 Å². The molecule has 0 aliphatic rings. The molecule has 0 aliphatic heterocycles. The van der Waals surface area contributed by atoms with Crippen LogP contribution in [0.15, 0.2) is 24.3 Å². The van der Waals surface area contributed by atoms with E-state index in [0.29, 0.717) is 30.6 Å². The molecular formula is C16H23NO3. The van der Waals surface area contributed by atoms with Gasteiger partial charge in [0.25, 0.3) is 0 Å². The highest BCUT2D eigenvalue weighted by molar-refractivity contribution is 5.91. The van der Waals surface area contributed by atoms with Gasteiger partial charge in [-0.3, -0.25) is 4.79 Å². The Morgan fingerprint density at radius 1 is 1.35 bits per heavy atom. The van der Waals surface area contributed by atoms with Crippen LogP contribution in [-0.2, 0) is 4.79 Å². The number of methoxy groups -OCH3 is 1. The van der Waals surface area contributed by atoms with Crippen molar-refractivity contribution in [2.24, 2.45) is 5.92 Å². The third-order valence-electron chi connectivity index (χ3n) is 2.60. The molecule has 0 saturated heterocycles. The lowest BCUT2D eigenvalue weighted by Crippen LogP contribution is -2.25. The molecule has 0 fully saturated rings. The van der Waals surface area contributed by atoms with Gasteiger partial charge in [-0.2, -0.15) is 0 Å². The first-order valence-corrected chi connectivity index (χ1v) is 6.83. The summed E-state index contributed by atoms with van der Waals surface area (Å²) in [6, 6.07) is 5.57. The molecular weight excluding hydrogens is 254 g/mol. The van der Waals surface area contributed by atoms with Crippen molar-refractivity contribution in [1.29, 1.82) is 0 Å². The van der Waals surface area contributed by atoms with Crippen LogP contribution in [0.5, 0.6) is 11.5 Å². The lowest BCUT2D eigenvalue weighted by molar-refractivity contribution is -0.116. The van der Waals surface area contributed by atoms with Crippen molar-refractivity contribution < 1.29 is 14.3 Å². The van der Waals surface area contributed by atoms with Crippen LogP contribution < -0.4 is 14.8 Å². The molecule has 0 unspecified atom stereocenters. The predicted molar refractivity (Wildman–Crippen MR) is 81.0 cm³/mol. The van der Waals surface area contributed by atoms with Crippen LogP contribution in [0, 0.1) is 5.92 Å². The minimum absolute atomic E-state index is 0.0903. The van der Waals surface area contributed by atoms with Crippen LogP contribution >= 0.6 is 0 Å². The van der Waals surface area contributed by atoms with Crippen molar-refractivity contribution in [3.05, 3.63) is 29.8 Å². The van der Waals surface area contributed by atoms with Gasteiger partial charge in [0, 0.05) is 12.6 Å². The second kappa shape index (κ2) is 8.25. The van der Waals surface area contributed by atoms with Gasteiger partial charge < -0.3 is 14.8 Å². The standard InChI is InChI=1S/C16H23NO3/c1-5-20-15-10-13(6-8-14(15)19-4)7-9-16(18)17-11-12(2)3/h6-10,12H,5,11H2,1-4H3,(H,17,18)/b9-7+. The number of ether oxygens (including phenoxy) is 2. The quantitative estimate of drug-likeness (QED) is 0.780. The first-order chi connectivity index (χ1) is 9.56. The average molecular weight is 277 g/mol. The van der Waals surface area contributed by atoms with E-state index in [1.807, 2.05) is 25.1 Å². The Morgan fingerprint density at radius 2 is 2.10 bits per heavy atom. The van der Waals surface area contributed by atoms with Crippen molar-refractivity contribution in [2.45, 2.75) is 20.8 Å². The SMILES string of the molecule is CCOc1cc(/C=C/C(=O)NCC(C)C)ccc1OC. The van der Waals surface area contributed by atoms with Gasteiger partial charge >= 0.3 is 0 Å². The zero-order chi connectivity index (χ0) is 15.0. The third kappa shape index (κ3) is 5.34. The van der Waals surface area contributed by atoms with E-state index in [-0.39, 0.29) is 5.91 Å². The average Bonchev–Trinajstić information content (AvgIpc) is 2.43. The van der Waals surface area contributed by atoms with E-state index in [1.165, 1.54) is 6.08 Å². The number of nitrogens with one attached hydrogen (secondary N) is 1. The zero-order valence-corrected chi connectivity index (χ0v) is 12.6. The summed E-state index contributed by atoms with van der Waals surface area (Å²) in [5.41, 5.74) is 0.897. The van der Waals surface area contributed by atoms with Crippen LogP contribution in [0.25, 0.3) is 6.08 Å². The molecule has 1 aromatic carbocycles. The highest BCUT2D eigenvalue weighted by atomic mass is 16.5. The molecule has 1 rings (SSSR count). The summed E-state index contributed by atoms with van der Waals surface area (Å²) in [5.74, 6) is 1.72. The van der Waals surface area contributed by atoms with E-state index < -0.39 is 0 Å². The molecule has 20 heavy (non-hydrogen) atoms. The molecule has 0 atom stereocenters. The monoisotopic (exact) mass is 277 g/mol. The smallest absolute Gasteiger partial charge is 0.244 e. The lowest BCUT2D eigenvalue weighted by Gasteiger charge is -2.09. The number of hydrogen-bond donors (Lipinski definition) is 1. The van der Waals surface area contributed by atoms with Crippen LogP contribution in [0.2, 0.25) is 0 Å². The number of carbonyl (C=O) groups is 1. The Morgan fingerprint density at radius 3 is 2.70 bits per heavy atom. The van der Waals surface area contributed by atoms with E-state index >= 15 is 0 Å². The van der Waals surface area contributed by atoms with Crippen LogP contribution in [0.3, 0.4) is 0 Å². The summed E-state index contributed by atoms with van der Waals surface area (Å²) >= 11 is 0. The summed E-state index contributed by atoms with van der Waals surface area (Å²) in [5, 5.41) is 2.83. The van der Waals surface area contributed by atoms with Crippen molar-refractivity contribution in [3.63, 3.8) is 0 Å². The molecule has 110 valence electrons. The fourth-order valence-electron chi connectivity index (χ4n) is 1.60. The van der Waals surface area contributed by atoms with E-state index in [2.05, 4.69) is 19.2 Å². The van der Waals surface area contributed by atoms with Crippen LogP contribution in [-0.4, -0.2) is 26.2 Å². The normalized spacial score (nSPS) is 10.8. The summed E-state index contributed by atoms with van der Waals surface area (Å²) in [4.78, 5) is 11.6. The molecule has 1 amide bonds. The Hall–Kier alpha value is -1.97. The Kier molecular flexibility index (Phi) is 6.64. The summed E-state index contributed by atoms with van der Waals surface area (Å²) in [7, 11) is 1.60. The number of hydrogen-bond acceptors (Lipinski definition) is 3. The topological polar surface area (TPSA) is 47.6 Å². The van der Waals surface area contributed by atoms with Gasteiger partial charge in [-0.1, -0.05) is 19.9 Å². The Labute approximate surface area is 120 Å². The van der Waals surface area contributed by atoms with Gasteiger partial charge in [0.2, 0.25) is 5.91 Å².